The van der Waals surface area contributed by atoms with E-state index in [0.717, 1.165) is 12.2 Å². The normalized spacial score (nSPS) is 20.5. The molecule has 2 nitrogen and oxygen atoms in total. The number of hydrogen-bond acceptors (Lipinski definition) is 2. The summed E-state index contributed by atoms with van der Waals surface area (Å²) in [6.45, 7) is 0.773. The van der Waals surface area contributed by atoms with Crippen molar-refractivity contribution in [3.05, 3.63) is 94.8 Å². The van der Waals surface area contributed by atoms with Gasteiger partial charge in [-0.25, -0.2) is 0 Å². The second kappa shape index (κ2) is 5.73. The molecule has 2 aliphatic carbocycles. The van der Waals surface area contributed by atoms with Crippen molar-refractivity contribution in [2.24, 2.45) is 0 Å². The third-order valence-corrected chi connectivity index (χ3v) is 5.99. The van der Waals surface area contributed by atoms with Crippen LogP contribution in [0.3, 0.4) is 0 Å². The van der Waals surface area contributed by atoms with Crippen LogP contribution < -0.4 is 5.32 Å². The fourth-order valence-electron chi connectivity index (χ4n) is 4.89. The highest BCUT2D eigenvalue weighted by Gasteiger charge is 2.45. The monoisotopic (exact) mass is 326 g/mol. The number of pyridine rings is 1. The van der Waals surface area contributed by atoms with Gasteiger partial charge in [-0.3, -0.25) is 4.98 Å². The van der Waals surface area contributed by atoms with Crippen molar-refractivity contribution in [1.82, 2.24) is 4.98 Å². The van der Waals surface area contributed by atoms with Crippen molar-refractivity contribution >= 4 is 5.69 Å². The number of benzene rings is 2. The lowest BCUT2D eigenvalue weighted by Crippen LogP contribution is -2.22. The summed E-state index contributed by atoms with van der Waals surface area (Å²) in [6, 6.07) is 21.9. The zero-order valence-electron chi connectivity index (χ0n) is 14.3. The first-order valence-electron chi connectivity index (χ1n) is 9.21. The van der Waals surface area contributed by atoms with Gasteiger partial charge >= 0.3 is 0 Å². The summed E-state index contributed by atoms with van der Waals surface area (Å²) in [5.41, 5.74) is 8.73. The largest absolute Gasteiger partial charge is 0.379 e. The standard InChI is InChI=1S/C23H22N2/c1-2-9-20-17(6-1)11-13-23(20)14-12-18-7-5-10-21(22(18)23)25-16-19-8-3-4-15-24-19/h1-10,15,25H,11-14,16H2/t23-/m1/s1. The molecular formula is C23H22N2. The van der Waals surface area contributed by atoms with Crippen LogP contribution in [0.4, 0.5) is 5.69 Å². The molecule has 0 radical (unpaired) electrons. The van der Waals surface area contributed by atoms with Gasteiger partial charge in [0.15, 0.2) is 0 Å². The molecule has 0 amide bonds. The van der Waals surface area contributed by atoms with Gasteiger partial charge in [-0.2, -0.15) is 0 Å². The summed E-state index contributed by atoms with van der Waals surface area (Å²) in [5.74, 6) is 0. The molecule has 0 aliphatic heterocycles. The molecule has 0 bridgehead atoms. The Morgan fingerprint density at radius 1 is 0.840 bits per heavy atom. The van der Waals surface area contributed by atoms with Crippen molar-refractivity contribution in [2.75, 3.05) is 5.32 Å². The average Bonchev–Trinajstić information content (AvgIpc) is 3.24. The Balaban J connectivity index is 1.56. The summed E-state index contributed by atoms with van der Waals surface area (Å²) in [5, 5.41) is 3.68. The Bertz CT molecular complexity index is 912. The van der Waals surface area contributed by atoms with Gasteiger partial charge in [-0.15, -0.1) is 0 Å². The number of aryl methyl sites for hydroxylation is 2. The van der Waals surface area contributed by atoms with Crippen LogP contribution in [0, 0.1) is 0 Å². The SMILES string of the molecule is c1ccc(CNc2cccc3c2[C@]2(CCc4ccccc42)CC3)nc1. The first kappa shape index (κ1) is 14.7. The zero-order chi connectivity index (χ0) is 16.7. The van der Waals surface area contributed by atoms with E-state index in [1.54, 1.807) is 5.56 Å². The zero-order valence-corrected chi connectivity index (χ0v) is 14.3. The molecule has 2 aliphatic rings. The maximum absolute atomic E-state index is 4.45. The Labute approximate surface area is 148 Å². The molecule has 1 aromatic heterocycles. The van der Waals surface area contributed by atoms with E-state index in [0.29, 0.717) is 0 Å². The van der Waals surface area contributed by atoms with Crippen LogP contribution in [0.25, 0.3) is 0 Å². The van der Waals surface area contributed by atoms with E-state index in [4.69, 9.17) is 0 Å². The number of aromatic nitrogens is 1. The second-order valence-corrected chi connectivity index (χ2v) is 7.25. The fraction of sp³-hybridized carbons (Fsp3) is 0.261. The van der Waals surface area contributed by atoms with Crippen molar-refractivity contribution in [2.45, 2.75) is 37.6 Å². The molecule has 1 spiro atoms. The summed E-state index contributed by atoms with van der Waals surface area (Å²) >= 11 is 0. The fourth-order valence-corrected chi connectivity index (χ4v) is 4.89. The smallest absolute Gasteiger partial charge is 0.0594 e. The molecule has 25 heavy (non-hydrogen) atoms. The first-order chi connectivity index (χ1) is 12.4. The maximum atomic E-state index is 4.45. The molecule has 5 rings (SSSR count). The summed E-state index contributed by atoms with van der Waals surface area (Å²) < 4.78 is 0. The quantitative estimate of drug-likeness (QED) is 0.742. The van der Waals surface area contributed by atoms with E-state index in [9.17, 15) is 0 Å². The van der Waals surface area contributed by atoms with Crippen molar-refractivity contribution in [3.8, 4) is 0 Å². The average molecular weight is 326 g/mol. The Hall–Kier alpha value is -2.61. The molecule has 0 saturated heterocycles. The van der Waals surface area contributed by atoms with Gasteiger partial charge in [0.2, 0.25) is 0 Å². The highest BCUT2D eigenvalue weighted by atomic mass is 14.9. The minimum absolute atomic E-state index is 0.208. The molecule has 2 heteroatoms. The first-order valence-corrected chi connectivity index (χ1v) is 9.21. The van der Waals surface area contributed by atoms with Gasteiger partial charge in [0.05, 0.1) is 12.2 Å². The summed E-state index contributed by atoms with van der Waals surface area (Å²) in [7, 11) is 0. The topological polar surface area (TPSA) is 24.9 Å². The summed E-state index contributed by atoms with van der Waals surface area (Å²) in [4.78, 5) is 4.45. The van der Waals surface area contributed by atoms with Crippen molar-refractivity contribution < 1.29 is 0 Å². The summed E-state index contributed by atoms with van der Waals surface area (Å²) in [6.07, 6.45) is 6.72. The lowest BCUT2D eigenvalue weighted by molar-refractivity contribution is 0.508. The molecule has 0 saturated carbocycles. The highest BCUT2D eigenvalue weighted by molar-refractivity contribution is 5.66. The minimum atomic E-state index is 0.208. The van der Waals surface area contributed by atoms with E-state index in [-0.39, 0.29) is 5.41 Å². The third kappa shape index (κ3) is 2.28. The van der Waals surface area contributed by atoms with Crippen LogP contribution in [0.15, 0.2) is 66.9 Å². The molecule has 0 unspecified atom stereocenters. The van der Waals surface area contributed by atoms with Crippen molar-refractivity contribution in [1.29, 1.82) is 0 Å². The third-order valence-electron chi connectivity index (χ3n) is 5.99. The molecule has 3 aromatic rings. The van der Waals surface area contributed by atoms with Gasteiger partial charge in [-0.1, -0.05) is 42.5 Å². The van der Waals surface area contributed by atoms with E-state index in [1.807, 2.05) is 18.3 Å². The van der Waals surface area contributed by atoms with Gasteiger partial charge in [-0.05, 0) is 66.1 Å². The number of nitrogens with one attached hydrogen (secondary N) is 1. The minimum Gasteiger partial charge on any atom is -0.379 e. The predicted molar refractivity (Wildman–Crippen MR) is 102 cm³/mol. The molecule has 124 valence electrons. The number of fused-ring (bicyclic) bond motifs is 4. The van der Waals surface area contributed by atoms with Crippen LogP contribution in [-0.4, -0.2) is 4.98 Å². The lowest BCUT2D eigenvalue weighted by Gasteiger charge is -2.29. The van der Waals surface area contributed by atoms with E-state index in [2.05, 4.69) is 58.8 Å². The van der Waals surface area contributed by atoms with Crippen LogP contribution in [0.1, 0.15) is 40.8 Å². The maximum Gasteiger partial charge on any atom is 0.0594 e. The van der Waals surface area contributed by atoms with Crippen molar-refractivity contribution in [3.63, 3.8) is 0 Å². The Kier molecular flexibility index (Phi) is 3.37. The number of rotatable bonds is 3. The molecule has 1 heterocycles. The molecule has 1 N–H and O–H groups in total. The Morgan fingerprint density at radius 3 is 2.52 bits per heavy atom. The molecular weight excluding hydrogens is 304 g/mol. The molecule has 2 aromatic carbocycles. The molecule has 0 fully saturated rings. The van der Waals surface area contributed by atoms with Gasteiger partial charge < -0.3 is 5.32 Å². The predicted octanol–water partition coefficient (Wildman–Crippen LogP) is 4.87. The molecule has 1 atom stereocenters. The lowest BCUT2D eigenvalue weighted by atomic mass is 9.76. The van der Waals surface area contributed by atoms with Gasteiger partial charge in [0, 0.05) is 17.3 Å². The van der Waals surface area contributed by atoms with E-state index in [1.165, 1.54) is 48.1 Å². The number of anilines is 1. The number of hydrogen-bond donors (Lipinski definition) is 1. The van der Waals surface area contributed by atoms with E-state index >= 15 is 0 Å². The Morgan fingerprint density at radius 2 is 1.64 bits per heavy atom. The second-order valence-electron chi connectivity index (χ2n) is 7.25. The van der Waals surface area contributed by atoms with Crippen LogP contribution in [0.5, 0.6) is 0 Å². The van der Waals surface area contributed by atoms with E-state index < -0.39 is 0 Å². The van der Waals surface area contributed by atoms with Crippen LogP contribution in [0.2, 0.25) is 0 Å². The van der Waals surface area contributed by atoms with Gasteiger partial charge in [0.25, 0.3) is 0 Å². The van der Waals surface area contributed by atoms with Crippen LogP contribution >= 0.6 is 0 Å². The van der Waals surface area contributed by atoms with Crippen LogP contribution in [-0.2, 0) is 24.8 Å². The number of nitrogens with zero attached hydrogens (tertiary/aromatic N) is 1. The van der Waals surface area contributed by atoms with Gasteiger partial charge in [0.1, 0.15) is 0 Å². The highest BCUT2D eigenvalue weighted by Crippen LogP contribution is 2.54.